The van der Waals surface area contributed by atoms with Gasteiger partial charge in [0.1, 0.15) is 13.1 Å². The van der Waals surface area contributed by atoms with Gasteiger partial charge in [-0.1, -0.05) is 24.3 Å². The number of hydrogen-bond acceptors (Lipinski definition) is 7. The van der Waals surface area contributed by atoms with E-state index in [0.29, 0.717) is 0 Å². The largest absolute Gasteiger partial charge is 4.00 e. The van der Waals surface area contributed by atoms with Crippen LogP contribution in [0.25, 0.3) is 5.57 Å². The van der Waals surface area contributed by atoms with E-state index < -0.39 is 7.82 Å². The van der Waals surface area contributed by atoms with Gasteiger partial charge in [-0.25, -0.2) is 4.58 Å². The van der Waals surface area contributed by atoms with Crippen molar-refractivity contribution in [2.45, 2.75) is 41.5 Å². The standard InChI is InChI=1S/C31H42N3.12Mo.H3O4P.13H2O.24O/c1-7-32(8-2)28-19-13-25(14-20-28)31(26-15-21-29(22-16-26)33(9-3)10-4)27-17-23-30(24-18-27)34(11-5)12-6;;;;;;;;;;;;;1-5(2,3)4;;;;;;;;;;;;;;;;;;;;;;;;;;;;;;;;;;;;;/h13-24H,7-12H2,1-6H3;;;;;;;;;;;;;(H3,1,2,3,4);13*1H2;;;;;;;;;;;;;;;;;;;;;;;;/q+1;12*+4;;;;;;;;;;;;;;;24*-2/p-4. The third-order valence-electron chi connectivity index (χ3n) is 6.85. The van der Waals surface area contributed by atoms with Crippen LogP contribution in [0, 0.1) is 0 Å². The van der Waals surface area contributed by atoms with Crippen molar-refractivity contribution >= 4 is 30.5 Å². The first-order valence-corrected chi connectivity index (χ1v) is 15.2. The number of hydrogen-bond donors (Lipinski definition) is 0. The van der Waals surface area contributed by atoms with E-state index in [1.54, 1.807) is 0 Å². The second-order valence-electron chi connectivity index (χ2n) is 8.98. The van der Waals surface area contributed by atoms with Crippen molar-refractivity contribution in [1.29, 1.82) is 0 Å². The minimum absolute atomic E-state index is 0. The molecule has 0 aliphatic heterocycles. The predicted octanol–water partition coefficient (Wildman–Crippen LogP) is -8.98. The molecule has 0 atom stereocenters. The van der Waals surface area contributed by atoms with Crippen LogP contribution in [-0.2, 0) is 389 Å². The Balaban J connectivity index is -0.00000000622. The summed E-state index contributed by atoms with van der Waals surface area (Å²) in [6.07, 6.45) is 9.08. The molecule has 0 saturated carbocycles. The van der Waals surface area contributed by atoms with Crippen LogP contribution in [0.4, 0.5) is 11.4 Å². The molecule has 1 aliphatic rings. The number of nitrogens with zero attached hydrogens (tertiary/aromatic N) is 3. The zero-order valence-corrected chi connectivity index (χ0v) is 70.2. The maximum absolute atomic E-state index is 8.55. The zero-order chi connectivity index (χ0) is 29.0. The van der Waals surface area contributed by atoms with Crippen molar-refractivity contribution in [1.82, 2.24) is 0 Å². The average Bonchev–Trinajstić information content (AvgIpc) is 2.92. The fraction of sp³-hybridized carbons (Fsp3) is 0.387. The van der Waals surface area contributed by atoms with Gasteiger partial charge in [-0.2, -0.15) is 7.82 Å². The third-order valence-corrected chi connectivity index (χ3v) is 6.85. The topological polar surface area (TPSA) is 1190 Å². The van der Waals surface area contributed by atoms with Crippen LogP contribution in [0.15, 0.2) is 78.4 Å². The summed E-state index contributed by atoms with van der Waals surface area (Å²) in [5.41, 5.74) is 8.88. The van der Waals surface area contributed by atoms with Crippen LogP contribution < -0.4 is 24.5 Å². The number of phosphoric acid groups is 1. The van der Waals surface area contributed by atoms with Gasteiger partial charge in [0.05, 0.1) is 0 Å². The smallest absolute Gasteiger partial charge is 2.00 e. The Morgan fingerprint density at radius 1 is 0.330 bits per heavy atom. The van der Waals surface area contributed by atoms with Crippen LogP contribution >= 0.6 is 7.82 Å². The van der Waals surface area contributed by atoms with Crippen molar-refractivity contribution in [3.8, 4) is 0 Å². The third kappa shape index (κ3) is 145. The Hall–Kier alpha value is 3.82. The van der Waals surface area contributed by atoms with Crippen molar-refractivity contribution in [2.24, 2.45) is 0 Å². The predicted molar refractivity (Wildman–Crippen MR) is 220 cm³/mol. The first kappa shape index (κ1) is 394. The van der Waals surface area contributed by atoms with Crippen LogP contribution in [0.3, 0.4) is 0 Å². The summed E-state index contributed by atoms with van der Waals surface area (Å²) in [5, 5.41) is 0. The van der Waals surface area contributed by atoms with Crippen molar-refractivity contribution < 1.29 is 479 Å². The van der Waals surface area contributed by atoms with E-state index in [1.165, 1.54) is 39.4 Å². The van der Waals surface area contributed by atoms with Crippen molar-refractivity contribution in [3.63, 3.8) is 0 Å². The van der Waals surface area contributed by atoms with Crippen LogP contribution in [-0.4, -0.2) is 121 Å². The van der Waals surface area contributed by atoms with Gasteiger partial charge in [0.2, 0.25) is 0 Å². The van der Waals surface area contributed by atoms with Gasteiger partial charge >= 0.3 is 253 Å². The Morgan fingerprint density at radius 3 is 0.602 bits per heavy atom. The Bertz CT molecular complexity index is 1240. The van der Waals surface area contributed by atoms with E-state index in [-0.39, 0.29) is 455 Å². The van der Waals surface area contributed by atoms with E-state index in [9.17, 15) is 0 Å². The van der Waals surface area contributed by atoms with E-state index in [2.05, 4.69) is 129 Å². The molecule has 0 aromatic heterocycles. The van der Waals surface area contributed by atoms with Gasteiger partial charge in [0.25, 0.3) is 0 Å². The molecular weight excluding hydrogens is 2250 g/mol. The molecular formula is C31H67Mo12N3O41P-3. The second kappa shape index (κ2) is 219. The molecule has 2 aromatic carbocycles. The van der Waals surface area contributed by atoms with E-state index in [0.717, 1.165) is 39.3 Å². The summed E-state index contributed by atoms with van der Waals surface area (Å²) in [6.45, 7) is 19.4. The quantitative estimate of drug-likeness (QED) is 0.126. The molecule has 2 aromatic rings. The van der Waals surface area contributed by atoms with Crippen LogP contribution in [0.2, 0.25) is 0 Å². The summed E-state index contributed by atoms with van der Waals surface area (Å²) < 4.78 is 10.9. The molecule has 0 fully saturated rings. The molecule has 44 nitrogen and oxygen atoms in total. The Labute approximate surface area is 681 Å². The monoisotopic (exact) mass is 2340 g/mol. The molecule has 88 heavy (non-hydrogen) atoms. The zero-order valence-electron chi connectivity index (χ0n) is 45.2. The van der Waals surface area contributed by atoms with Crippen LogP contribution in [0.1, 0.15) is 52.7 Å². The van der Waals surface area contributed by atoms with Gasteiger partial charge in [-0.3, -0.25) is 0 Å². The fourth-order valence-corrected chi connectivity index (χ4v) is 4.78. The molecule has 57 heteroatoms. The molecule has 1 aliphatic carbocycles. The van der Waals surface area contributed by atoms with E-state index in [4.69, 9.17) is 19.2 Å². The number of benzene rings is 2. The SMILES string of the molecule is CCN(CC)c1ccc(C(=C2C=CC(=[N+](CC)CC)C=C2)c2ccc(N(CC)CC)cc2)cc1.O.O.O.O.O.O.O.O.O.O.O.O.O=P([O-])([O-])[O-].[Mo+4].[Mo+4].[Mo+4].[Mo+4].[Mo+4].[Mo+4].[Mo+4].[Mo+4].[Mo+4].[Mo+4].[Mo+4].[Mo+4].[O-2].[O-2].[O-2].[O-2].[O-2].[O-2].[O-2].[O-2].[O-2].[O-2].[O-2].[O-2].[O-2].[O-2].[O-2].[O-2].[O-2].[O-2].[O-2].[O-2].[O-2].[O-2].[O-2].[O-2].[OH-]. The van der Waals surface area contributed by atoms with Gasteiger partial charge in [-0.15, -0.1) is 0 Å². The Kier molecular flexibility index (Phi) is 982. The molecule has 532 valence electrons. The van der Waals surface area contributed by atoms with E-state index >= 15 is 0 Å². The number of anilines is 2. The van der Waals surface area contributed by atoms with Crippen LogP contribution in [0.5, 0.6) is 0 Å². The molecule has 0 heterocycles. The summed E-state index contributed by atoms with van der Waals surface area (Å²) in [6, 6.07) is 18.2. The van der Waals surface area contributed by atoms with Gasteiger partial charge in [0.15, 0.2) is 5.71 Å². The molecule has 0 radical (unpaired) electrons. The van der Waals surface area contributed by atoms with Gasteiger partial charge in [0, 0.05) is 49.7 Å². The van der Waals surface area contributed by atoms with Gasteiger partial charge < -0.3 is 232 Å². The minimum atomic E-state index is -5.39. The molecule has 0 saturated heterocycles. The summed E-state index contributed by atoms with van der Waals surface area (Å²) in [7, 11) is -5.39. The summed E-state index contributed by atoms with van der Waals surface area (Å²) in [5.74, 6) is 0. The van der Waals surface area contributed by atoms with Crippen molar-refractivity contribution in [3.05, 3.63) is 89.5 Å². The maximum atomic E-state index is 8.55. The summed E-state index contributed by atoms with van der Waals surface area (Å²) in [4.78, 5) is 30.4. The Morgan fingerprint density at radius 2 is 0.477 bits per heavy atom. The maximum Gasteiger partial charge on any atom is 4.00 e. The molecule has 0 amide bonds. The minimum Gasteiger partial charge on any atom is -2.00 e. The van der Waals surface area contributed by atoms with E-state index in [1.807, 2.05) is 0 Å². The normalized spacial score (nSPS) is 5.60. The molecule has 25 N–H and O–H groups in total. The first-order valence-electron chi connectivity index (χ1n) is 13.8. The molecule has 0 spiro atoms. The van der Waals surface area contributed by atoms with Gasteiger partial charge in [-0.05, 0) is 100 Å². The molecule has 0 bridgehead atoms. The van der Waals surface area contributed by atoms with Crippen molar-refractivity contribution in [2.75, 3.05) is 49.1 Å². The number of allylic oxidation sites excluding steroid dienone is 5. The fourth-order valence-electron chi connectivity index (χ4n) is 4.78. The first-order chi connectivity index (χ1) is 18.6. The molecule has 0 unspecified atom stereocenters. The summed E-state index contributed by atoms with van der Waals surface area (Å²) >= 11 is 0. The molecule has 3 rings (SSSR count). The average molecular weight is 2320 g/mol. The number of rotatable bonds is 10. The second-order valence-corrected chi connectivity index (χ2v) is 9.87.